The molecule has 1 unspecified atom stereocenters. The number of hydrogen-bond donors (Lipinski definition) is 3. The largest absolute Gasteiger partial charge is 0.462 e. The van der Waals surface area contributed by atoms with Crippen molar-refractivity contribution in [2.24, 2.45) is 11.3 Å². The summed E-state index contributed by atoms with van der Waals surface area (Å²) in [7, 11) is 0. The Morgan fingerprint density at radius 2 is 2.19 bits per heavy atom. The van der Waals surface area contributed by atoms with Crippen molar-refractivity contribution in [2.45, 2.75) is 51.6 Å². The van der Waals surface area contributed by atoms with Gasteiger partial charge in [0.2, 0.25) is 0 Å². The van der Waals surface area contributed by atoms with E-state index in [4.69, 9.17) is 10.5 Å². The van der Waals surface area contributed by atoms with E-state index in [0.717, 1.165) is 38.8 Å². The number of nitrogen functional groups attached to an aromatic ring is 1. The van der Waals surface area contributed by atoms with Gasteiger partial charge in [-0.05, 0) is 56.5 Å². The average molecular weight is 360 g/mol. The number of piperidine rings is 1. The molecule has 0 aromatic carbocycles. The van der Waals surface area contributed by atoms with E-state index in [1.165, 1.54) is 12.8 Å². The van der Waals surface area contributed by atoms with E-state index in [9.17, 15) is 5.11 Å². The van der Waals surface area contributed by atoms with Crippen molar-refractivity contribution in [3.8, 4) is 6.01 Å². The molecule has 2 aliphatic rings. The van der Waals surface area contributed by atoms with E-state index in [-0.39, 0.29) is 17.7 Å². The SMILES string of the molecule is CCCCOc1nc(N)c2ncc(C(O)C3CC4(CCNCC4)C3)n2n1. The summed E-state index contributed by atoms with van der Waals surface area (Å²) in [6.45, 7) is 4.81. The zero-order valence-corrected chi connectivity index (χ0v) is 15.3. The summed E-state index contributed by atoms with van der Waals surface area (Å²) in [5.74, 6) is 0.516. The normalized spacial score (nSPS) is 21.0. The highest BCUT2D eigenvalue weighted by Crippen LogP contribution is 2.55. The first-order chi connectivity index (χ1) is 12.6. The minimum atomic E-state index is -0.594. The molecule has 1 aliphatic carbocycles. The lowest BCUT2D eigenvalue weighted by Gasteiger charge is -2.51. The Balaban J connectivity index is 1.52. The number of unbranched alkanes of at least 4 members (excludes halogenated alkanes) is 1. The molecule has 26 heavy (non-hydrogen) atoms. The van der Waals surface area contributed by atoms with Crippen LogP contribution in [0.3, 0.4) is 0 Å². The Kier molecular flexibility index (Phi) is 4.71. The van der Waals surface area contributed by atoms with Crippen LogP contribution in [0.25, 0.3) is 5.65 Å². The zero-order valence-electron chi connectivity index (χ0n) is 15.3. The Morgan fingerprint density at radius 1 is 1.42 bits per heavy atom. The van der Waals surface area contributed by atoms with E-state index in [1.54, 1.807) is 10.7 Å². The van der Waals surface area contributed by atoms with Crippen LogP contribution in [0.15, 0.2) is 6.20 Å². The first-order valence-electron chi connectivity index (χ1n) is 9.65. The fraction of sp³-hybridized carbons (Fsp3) is 0.722. The highest BCUT2D eigenvalue weighted by Gasteiger charge is 2.47. The van der Waals surface area contributed by atoms with Gasteiger partial charge in [-0.1, -0.05) is 13.3 Å². The lowest BCUT2D eigenvalue weighted by molar-refractivity contribution is -0.0535. The number of aliphatic hydroxyl groups is 1. The summed E-state index contributed by atoms with van der Waals surface area (Å²) in [6.07, 6.45) is 7.55. The second-order valence-corrected chi connectivity index (χ2v) is 7.76. The number of anilines is 1. The molecule has 4 rings (SSSR count). The van der Waals surface area contributed by atoms with E-state index < -0.39 is 6.10 Å². The summed E-state index contributed by atoms with van der Waals surface area (Å²) >= 11 is 0. The Bertz CT molecular complexity index is 762. The smallest absolute Gasteiger partial charge is 0.336 e. The third kappa shape index (κ3) is 3.12. The Morgan fingerprint density at radius 3 is 2.92 bits per heavy atom. The highest BCUT2D eigenvalue weighted by molar-refractivity contribution is 5.59. The molecule has 1 saturated heterocycles. The van der Waals surface area contributed by atoms with Crippen molar-refractivity contribution in [2.75, 3.05) is 25.4 Å². The fourth-order valence-electron chi connectivity index (χ4n) is 4.35. The molecule has 0 radical (unpaired) electrons. The Labute approximate surface area is 153 Å². The van der Waals surface area contributed by atoms with Gasteiger partial charge < -0.3 is 20.9 Å². The lowest BCUT2D eigenvalue weighted by atomic mass is 9.56. The van der Waals surface area contributed by atoms with Crippen molar-refractivity contribution in [3.05, 3.63) is 11.9 Å². The predicted octanol–water partition coefficient (Wildman–Crippen LogP) is 1.70. The van der Waals surface area contributed by atoms with Crippen LogP contribution in [0.5, 0.6) is 6.01 Å². The number of rotatable bonds is 6. The number of ether oxygens (including phenoxy) is 1. The van der Waals surface area contributed by atoms with Gasteiger partial charge in [-0.15, -0.1) is 5.10 Å². The van der Waals surface area contributed by atoms with Crippen LogP contribution in [-0.2, 0) is 0 Å². The van der Waals surface area contributed by atoms with Crippen molar-refractivity contribution < 1.29 is 9.84 Å². The summed E-state index contributed by atoms with van der Waals surface area (Å²) in [5, 5.41) is 18.7. The van der Waals surface area contributed by atoms with Crippen LogP contribution in [0, 0.1) is 11.3 Å². The minimum Gasteiger partial charge on any atom is -0.462 e. The maximum Gasteiger partial charge on any atom is 0.336 e. The zero-order chi connectivity index (χ0) is 18.1. The Hall–Kier alpha value is -1.93. The standard InChI is InChI=1S/C18H28N6O2/c1-2-3-8-26-17-22-15(19)16-21-11-13(24(16)23-17)14(25)12-9-18(10-12)4-6-20-7-5-18/h11-12,14,20,25H,2-10H2,1H3,(H2,19,22,23). The van der Waals surface area contributed by atoms with Crippen LogP contribution < -0.4 is 15.8 Å². The third-order valence-electron chi connectivity index (χ3n) is 5.93. The number of hydrogen-bond acceptors (Lipinski definition) is 7. The molecule has 2 fully saturated rings. The molecule has 2 aromatic heterocycles. The maximum atomic E-state index is 10.9. The molecular weight excluding hydrogens is 332 g/mol. The van der Waals surface area contributed by atoms with Gasteiger partial charge in [-0.2, -0.15) is 4.98 Å². The van der Waals surface area contributed by atoms with Gasteiger partial charge in [-0.3, -0.25) is 0 Å². The number of aliphatic hydroxyl groups excluding tert-OH is 1. The van der Waals surface area contributed by atoms with Crippen molar-refractivity contribution in [1.29, 1.82) is 0 Å². The molecule has 3 heterocycles. The fourth-order valence-corrected chi connectivity index (χ4v) is 4.35. The number of nitrogens with one attached hydrogen (secondary N) is 1. The van der Waals surface area contributed by atoms with Crippen molar-refractivity contribution in [1.82, 2.24) is 24.9 Å². The van der Waals surface area contributed by atoms with Gasteiger partial charge in [0.05, 0.1) is 18.5 Å². The van der Waals surface area contributed by atoms with Crippen molar-refractivity contribution >= 4 is 11.5 Å². The topological polar surface area (TPSA) is 111 Å². The van der Waals surface area contributed by atoms with Crippen LogP contribution in [0.4, 0.5) is 5.82 Å². The molecule has 8 nitrogen and oxygen atoms in total. The molecule has 142 valence electrons. The summed E-state index contributed by atoms with van der Waals surface area (Å²) < 4.78 is 7.19. The van der Waals surface area contributed by atoms with Gasteiger partial charge in [-0.25, -0.2) is 9.50 Å². The van der Waals surface area contributed by atoms with Crippen LogP contribution in [0.1, 0.15) is 57.2 Å². The van der Waals surface area contributed by atoms with E-state index in [1.807, 2.05) is 0 Å². The molecular formula is C18H28N6O2. The van der Waals surface area contributed by atoms with E-state index >= 15 is 0 Å². The summed E-state index contributed by atoms with van der Waals surface area (Å²) in [5.41, 5.74) is 7.56. The van der Waals surface area contributed by atoms with Gasteiger partial charge in [0.15, 0.2) is 11.5 Å². The molecule has 0 bridgehead atoms. The predicted molar refractivity (Wildman–Crippen MR) is 97.8 cm³/mol. The van der Waals surface area contributed by atoms with E-state index in [0.29, 0.717) is 23.4 Å². The van der Waals surface area contributed by atoms with Crippen LogP contribution >= 0.6 is 0 Å². The number of nitrogens with zero attached hydrogens (tertiary/aromatic N) is 4. The van der Waals surface area contributed by atoms with Crippen LogP contribution in [-0.4, -0.2) is 44.4 Å². The number of nitrogens with two attached hydrogens (primary N) is 1. The quantitative estimate of drug-likeness (QED) is 0.672. The number of fused-ring (bicyclic) bond motifs is 1. The second kappa shape index (κ2) is 7.00. The first-order valence-corrected chi connectivity index (χ1v) is 9.65. The summed E-state index contributed by atoms with van der Waals surface area (Å²) in [4.78, 5) is 8.47. The molecule has 1 spiro atoms. The molecule has 1 atom stereocenters. The van der Waals surface area contributed by atoms with Crippen LogP contribution in [0.2, 0.25) is 0 Å². The van der Waals surface area contributed by atoms with Gasteiger partial charge in [0.1, 0.15) is 6.10 Å². The average Bonchev–Trinajstić information content (AvgIpc) is 3.04. The molecule has 1 saturated carbocycles. The highest BCUT2D eigenvalue weighted by atomic mass is 16.5. The number of aromatic nitrogens is 4. The molecule has 0 amide bonds. The summed E-state index contributed by atoms with van der Waals surface area (Å²) in [6, 6.07) is 0.235. The van der Waals surface area contributed by atoms with E-state index in [2.05, 4.69) is 27.3 Å². The molecule has 2 aromatic rings. The lowest BCUT2D eigenvalue weighted by Crippen LogP contribution is -2.47. The maximum absolute atomic E-state index is 10.9. The first kappa shape index (κ1) is 17.5. The molecule has 1 aliphatic heterocycles. The molecule has 8 heteroatoms. The van der Waals surface area contributed by atoms with Gasteiger partial charge >= 0.3 is 6.01 Å². The van der Waals surface area contributed by atoms with Crippen molar-refractivity contribution in [3.63, 3.8) is 0 Å². The third-order valence-corrected chi connectivity index (χ3v) is 5.93. The minimum absolute atomic E-state index is 0.235. The molecule has 4 N–H and O–H groups in total. The van der Waals surface area contributed by atoms with Gasteiger partial charge in [0, 0.05) is 0 Å². The second-order valence-electron chi connectivity index (χ2n) is 7.76. The van der Waals surface area contributed by atoms with Gasteiger partial charge in [0.25, 0.3) is 0 Å². The monoisotopic (exact) mass is 360 g/mol. The number of imidazole rings is 1.